The average Bonchev–Trinajstić information content (AvgIpc) is 2.68. The number of aromatic amines is 1. The summed E-state index contributed by atoms with van der Waals surface area (Å²) >= 11 is 0. The van der Waals surface area contributed by atoms with E-state index in [1.54, 1.807) is 0 Å². The zero-order valence-electron chi connectivity index (χ0n) is 9.70. The Hall–Kier alpha value is -1.45. The number of aromatic nitrogens is 1. The van der Waals surface area contributed by atoms with Gasteiger partial charge in [0.05, 0.1) is 12.5 Å². The van der Waals surface area contributed by atoms with Crippen LogP contribution in [0.4, 0.5) is 5.82 Å². The van der Waals surface area contributed by atoms with E-state index in [9.17, 15) is 4.79 Å². The molecule has 0 fully saturated rings. The van der Waals surface area contributed by atoms with Crippen molar-refractivity contribution in [3.63, 3.8) is 0 Å². The van der Waals surface area contributed by atoms with Crippen LogP contribution in [0.25, 0.3) is 0 Å². The molecule has 0 bridgehead atoms. The number of anilines is 1. The molecule has 4 nitrogen and oxygen atoms in total. The van der Waals surface area contributed by atoms with Crippen LogP contribution >= 0.6 is 0 Å². The molecule has 0 saturated heterocycles. The average molecular weight is 210 g/mol. The molecule has 84 valence electrons. The molecule has 0 aliphatic heterocycles. The minimum absolute atomic E-state index is 0.194. The smallest absolute Gasteiger partial charge is 0.313 e. The first-order chi connectivity index (χ1) is 6.97. The van der Waals surface area contributed by atoms with Gasteiger partial charge in [-0.1, -0.05) is 0 Å². The predicted molar refractivity (Wildman–Crippen MR) is 59.9 cm³/mol. The fraction of sp³-hybridized carbons (Fsp3) is 0.545. The van der Waals surface area contributed by atoms with Gasteiger partial charge in [0.2, 0.25) is 0 Å². The van der Waals surface area contributed by atoms with Gasteiger partial charge in [-0.05, 0) is 26.0 Å². The second-order valence-corrected chi connectivity index (χ2v) is 4.29. The topological polar surface area (TPSA) is 45.3 Å². The molecule has 1 aromatic rings. The van der Waals surface area contributed by atoms with Crippen molar-refractivity contribution in [2.24, 2.45) is 5.41 Å². The lowest BCUT2D eigenvalue weighted by molar-refractivity contribution is -0.150. The number of methoxy groups -OCH3 is 1. The largest absolute Gasteiger partial charge is 0.469 e. The molecule has 0 spiro atoms. The minimum Gasteiger partial charge on any atom is -0.469 e. The molecule has 0 unspecified atom stereocenters. The van der Waals surface area contributed by atoms with Crippen LogP contribution in [0.5, 0.6) is 0 Å². The number of H-pyrrole nitrogens is 1. The van der Waals surface area contributed by atoms with Crippen molar-refractivity contribution in [1.82, 2.24) is 4.98 Å². The van der Waals surface area contributed by atoms with Gasteiger partial charge in [0.15, 0.2) is 0 Å². The maximum Gasteiger partial charge on any atom is 0.313 e. The molecule has 0 amide bonds. The monoisotopic (exact) mass is 210 g/mol. The van der Waals surface area contributed by atoms with Crippen molar-refractivity contribution in [1.29, 1.82) is 0 Å². The number of rotatable bonds is 4. The van der Waals surface area contributed by atoms with E-state index in [0.717, 1.165) is 5.82 Å². The van der Waals surface area contributed by atoms with Crippen LogP contribution in [0.3, 0.4) is 0 Å². The SMILES string of the molecule is COC(=O)C(C)(C)CN(C)c1ccc[nH]1. The lowest BCUT2D eigenvalue weighted by atomic mass is 9.93. The molecule has 1 aromatic heterocycles. The van der Waals surface area contributed by atoms with E-state index < -0.39 is 5.41 Å². The first-order valence-corrected chi connectivity index (χ1v) is 4.90. The number of carbonyl (C=O) groups excluding carboxylic acids is 1. The summed E-state index contributed by atoms with van der Waals surface area (Å²) in [5.74, 6) is 0.799. The fourth-order valence-electron chi connectivity index (χ4n) is 1.58. The highest BCUT2D eigenvalue weighted by molar-refractivity contribution is 5.76. The lowest BCUT2D eigenvalue weighted by Crippen LogP contribution is -2.38. The first kappa shape index (κ1) is 11.6. The van der Waals surface area contributed by atoms with Crippen LogP contribution in [-0.2, 0) is 9.53 Å². The van der Waals surface area contributed by atoms with Gasteiger partial charge in [-0.2, -0.15) is 0 Å². The normalized spacial score (nSPS) is 11.2. The first-order valence-electron chi connectivity index (χ1n) is 4.90. The second kappa shape index (κ2) is 4.38. The van der Waals surface area contributed by atoms with E-state index in [1.807, 2.05) is 44.1 Å². The molecule has 1 heterocycles. The van der Waals surface area contributed by atoms with Crippen molar-refractivity contribution in [3.05, 3.63) is 18.3 Å². The Morgan fingerprint density at radius 3 is 2.73 bits per heavy atom. The Labute approximate surface area is 90.2 Å². The molecule has 0 aliphatic rings. The van der Waals surface area contributed by atoms with Gasteiger partial charge in [-0.25, -0.2) is 0 Å². The van der Waals surface area contributed by atoms with Gasteiger partial charge in [0.1, 0.15) is 5.82 Å². The highest BCUT2D eigenvalue weighted by Crippen LogP contribution is 2.21. The van der Waals surface area contributed by atoms with E-state index in [2.05, 4.69) is 4.98 Å². The summed E-state index contributed by atoms with van der Waals surface area (Å²) in [5, 5.41) is 0. The molecule has 1 N–H and O–H groups in total. The Balaban J connectivity index is 2.65. The summed E-state index contributed by atoms with van der Waals surface area (Å²) < 4.78 is 4.76. The number of ether oxygens (including phenoxy) is 1. The van der Waals surface area contributed by atoms with Crippen molar-refractivity contribution in [3.8, 4) is 0 Å². The van der Waals surface area contributed by atoms with E-state index >= 15 is 0 Å². The zero-order chi connectivity index (χ0) is 11.5. The van der Waals surface area contributed by atoms with Crippen LogP contribution in [0.15, 0.2) is 18.3 Å². The van der Waals surface area contributed by atoms with Gasteiger partial charge < -0.3 is 14.6 Å². The Kier molecular flexibility index (Phi) is 3.39. The van der Waals surface area contributed by atoms with Crippen LogP contribution in [0.2, 0.25) is 0 Å². The molecule has 0 aromatic carbocycles. The van der Waals surface area contributed by atoms with Gasteiger partial charge in [-0.15, -0.1) is 0 Å². The molecular formula is C11H18N2O2. The zero-order valence-corrected chi connectivity index (χ0v) is 9.70. The summed E-state index contributed by atoms with van der Waals surface area (Å²) in [6, 6.07) is 3.89. The maximum absolute atomic E-state index is 11.5. The van der Waals surface area contributed by atoms with E-state index in [1.165, 1.54) is 7.11 Å². The molecular weight excluding hydrogens is 192 g/mol. The number of carbonyl (C=O) groups is 1. The molecule has 1 rings (SSSR count). The van der Waals surface area contributed by atoms with Crippen molar-refractivity contribution < 1.29 is 9.53 Å². The third-order valence-electron chi connectivity index (χ3n) is 2.36. The summed E-state index contributed by atoms with van der Waals surface area (Å²) in [6.07, 6.45) is 1.86. The number of hydrogen-bond donors (Lipinski definition) is 1. The molecule has 0 saturated carbocycles. The van der Waals surface area contributed by atoms with Crippen LogP contribution in [0, 0.1) is 5.41 Å². The van der Waals surface area contributed by atoms with Gasteiger partial charge >= 0.3 is 5.97 Å². The summed E-state index contributed by atoms with van der Waals surface area (Å²) in [7, 11) is 3.36. The number of hydrogen-bond acceptors (Lipinski definition) is 3. The predicted octanol–water partition coefficient (Wildman–Crippen LogP) is 1.65. The van der Waals surface area contributed by atoms with Crippen LogP contribution < -0.4 is 4.90 Å². The number of nitrogens with zero attached hydrogens (tertiary/aromatic N) is 1. The third kappa shape index (κ3) is 2.75. The van der Waals surface area contributed by atoms with Crippen LogP contribution in [0.1, 0.15) is 13.8 Å². The van der Waals surface area contributed by atoms with E-state index in [0.29, 0.717) is 6.54 Å². The van der Waals surface area contributed by atoms with E-state index in [-0.39, 0.29) is 5.97 Å². The van der Waals surface area contributed by atoms with Gasteiger partial charge in [-0.3, -0.25) is 4.79 Å². The van der Waals surface area contributed by atoms with Crippen LogP contribution in [-0.4, -0.2) is 31.7 Å². The highest BCUT2D eigenvalue weighted by Gasteiger charge is 2.30. The quantitative estimate of drug-likeness (QED) is 0.768. The third-order valence-corrected chi connectivity index (χ3v) is 2.36. The van der Waals surface area contributed by atoms with Crippen molar-refractivity contribution in [2.45, 2.75) is 13.8 Å². The number of nitrogens with one attached hydrogen (secondary N) is 1. The Morgan fingerprint density at radius 1 is 1.60 bits per heavy atom. The van der Waals surface area contributed by atoms with Crippen molar-refractivity contribution >= 4 is 11.8 Å². The maximum atomic E-state index is 11.5. The standard InChI is InChI=1S/C11H18N2O2/c1-11(2,10(14)15-4)8-13(3)9-6-5-7-12-9/h5-7,12H,8H2,1-4H3. The lowest BCUT2D eigenvalue weighted by Gasteiger charge is -2.28. The molecule has 4 heteroatoms. The second-order valence-electron chi connectivity index (χ2n) is 4.29. The van der Waals surface area contributed by atoms with Gasteiger partial charge in [0.25, 0.3) is 0 Å². The fourth-order valence-corrected chi connectivity index (χ4v) is 1.58. The van der Waals surface area contributed by atoms with Crippen molar-refractivity contribution in [2.75, 3.05) is 25.6 Å². The summed E-state index contributed by atoms with van der Waals surface area (Å²) in [6.45, 7) is 4.36. The van der Waals surface area contributed by atoms with E-state index in [4.69, 9.17) is 4.74 Å². The highest BCUT2D eigenvalue weighted by atomic mass is 16.5. The minimum atomic E-state index is -0.505. The summed E-state index contributed by atoms with van der Waals surface area (Å²) in [5.41, 5.74) is -0.505. The molecule has 0 radical (unpaired) electrons. The Morgan fingerprint density at radius 2 is 2.27 bits per heavy atom. The molecule has 15 heavy (non-hydrogen) atoms. The summed E-state index contributed by atoms with van der Waals surface area (Å²) in [4.78, 5) is 16.6. The molecule has 0 atom stereocenters. The Bertz CT molecular complexity index is 317. The van der Waals surface area contributed by atoms with Gasteiger partial charge in [0, 0.05) is 19.8 Å². The number of esters is 1. The molecule has 0 aliphatic carbocycles.